The van der Waals surface area contributed by atoms with Crippen molar-refractivity contribution in [1.29, 1.82) is 0 Å². The van der Waals surface area contributed by atoms with Gasteiger partial charge in [0.05, 0.1) is 5.92 Å². The number of piperidine rings is 2. The van der Waals surface area contributed by atoms with Gasteiger partial charge in [0, 0.05) is 6.04 Å². The molecule has 0 spiro atoms. The molecule has 3 nitrogen and oxygen atoms in total. The first-order valence-corrected chi connectivity index (χ1v) is 5.31. The highest BCUT2D eigenvalue weighted by atomic mass is 19.1. The first-order valence-electron chi connectivity index (χ1n) is 5.31. The highest BCUT2D eigenvalue weighted by molar-refractivity contribution is 5.71. The molecule has 3 unspecified atom stereocenters. The number of nitrogens with zero attached hydrogens (tertiary/aromatic N) is 1. The number of carboxylic acids is 1. The fourth-order valence-corrected chi connectivity index (χ4v) is 2.65. The Morgan fingerprint density at radius 1 is 1.29 bits per heavy atom. The minimum absolute atomic E-state index is 0.126. The van der Waals surface area contributed by atoms with E-state index < -0.39 is 18.1 Å². The standard InChI is InChI=1S/C10H16FNO2/c11-9-7(10(13)14)4-6-12-5-2-1-3-8(9)12/h7-9H,1-6H2,(H,13,14). The van der Waals surface area contributed by atoms with E-state index in [9.17, 15) is 9.18 Å². The van der Waals surface area contributed by atoms with Crippen LogP contribution in [0.3, 0.4) is 0 Å². The van der Waals surface area contributed by atoms with Gasteiger partial charge in [0.25, 0.3) is 0 Å². The van der Waals surface area contributed by atoms with Gasteiger partial charge in [-0.2, -0.15) is 0 Å². The van der Waals surface area contributed by atoms with Crippen molar-refractivity contribution in [2.75, 3.05) is 13.1 Å². The third-order valence-corrected chi connectivity index (χ3v) is 3.46. The molecule has 80 valence electrons. The van der Waals surface area contributed by atoms with Crippen LogP contribution in [0.2, 0.25) is 0 Å². The molecule has 0 bridgehead atoms. The van der Waals surface area contributed by atoms with Crippen molar-refractivity contribution in [3.05, 3.63) is 0 Å². The summed E-state index contributed by atoms with van der Waals surface area (Å²) in [5.41, 5.74) is 0. The molecule has 3 atom stereocenters. The Morgan fingerprint density at radius 2 is 2.07 bits per heavy atom. The van der Waals surface area contributed by atoms with Gasteiger partial charge in [-0.25, -0.2) is 4.39 Å². The van der Waals surface area contributed by atoms with Gasteiger partial charge < -0.3 is 5.11 Å². The minimum Gasteiger partial charge on any atom is -0.481 e. The number of carboxylic acid groups (broad SMARTS) is 1. The maximum atomic E-state index is 13.8. The van der Waals surface area contributed by atoms with Crippen LogP contribution in [0.15, 0.2) is 0 Å². The van der Waals surface area contributed by atoms with Crippen LogP contribution in [0.4, 0.5) is 4.39 Å². The molecule has 0 radical (unpaired) electrons. The molecule has 0 amide bonds. The van der Waals surface area contributed by atoms with Crippen molar-refractivity contribution < 1.29 is 14.3 Å². The van der Waals surface area contributed by atoms with Crippen molar-refractivity contribution in [1.82, 2.24) is 4.90 Å². The molecule has 0 aliphatic carbocycles. The zero-order valence-corrected chi connectivity index (χ0v) is 8.16. The lowest BCUT2D eigenvalue weighted by Crippen LogP contribution is -2.54. The molecule has 2 rings (SSSR count). The van der Waals surface area contributed by atoms with Gasteiger partial charge in [0.15, 0.2) is 0 Å². The first kappa shape index (κ1) is 9.90. The summed E-state index contributed by atoms with van der Waals surface area (Å²) >= 11 is 0. The Morgan fingerprint density at radius 3 is 2.79 bits per heavy atom. The van der Waals surface area contributed by atoms with Crippen LogP contribution in [-0.2, 0) is 4.79 Å². The number of hydrogen-bond acceptors (Lipinski definition) is 2. The second-order valence-corrected chi connectivity index (χ2v) is 4.28. The van der Waals surface area contributed by atoms with Crippen LogP contribution in [0.1, 0.15) is 25.7 Å². The highest BCUT2D eigenvalue weighted by Gasteiger charge is 2.42. The summed E-state index contributed by atoms with van der Waals surface area (Å²) in [4.78, 5) is 12.9. The first-order chi connectivity index (χ1) is 6.70. The third kappa shape index (κ3) is 1.63. The molecule has 0 aromatic carbocycles. The van der Waals surface area contributed by atoms with Gasteiger partial charge in [-0.1, -0.05) is 6.42 Å². The van der Waals surface area contributed by atoms with Crippen LogP contribution >= 0.6 is 0 Å². The number of hydrogen-bond donors (Lipinski definition) is 1. The molecule has 0 saturated carbocycles. The van der Waals surface area contributed by atoms with Crippen molar-refractivity contribution in [2.24, 2.45) is 5.92 Å². The molecule has 2 aliphatic heterocycles. The molecule has 2 aliphatic rings. The fraction of sp³-hybridized carbons (Fsp3) is 0.900. The molecule has 1 N–H and O–H groups in total. The predicted octanol–water partition coefficient (Wildman–Crippen LogP) is 1.28. The maximum absolute atomic E-state index is 13.8. The van der Waals surface area contributed by atoms with Crippen LogP contribution < -0.4 is 0 Å². The average molecular weight is 201 g/mol. The van der Waals surface area contributed by atoms with E-state index in [2.05, 4.69) is 4.90 Å². The summed E-state index contributed by atoms with van der Waals surface area (Å²) in [6, 6.07) is -0.126. The third-order valence-electron chi connectivity index (χ3n) is 3.46. The lowest BCUT2D eigenvalue weighted by atomic mass is 9.84. The summed E-state index contributed by atoms with van der Waals surface area (Å²) in [6.45, 7) is 1.69. The smallest absolute Gasteiger partial charge is 0.309 e. The quantitative estimate of drug-likeness (QED) is 0.694. The van der Waals surface area contributed by atoms with E-state index in [1.54, 1.807) is 0 Å². The van der Waals surface area contributed by atoms with Crippen LogP contribution in [0, 0.1) is 5.92 Å². The van der Waals surface area contributed by atoms with Gasteiger partial charge in [-0.3, -0.25) is 9.69 Å². The van der Waals surface area contributed by atoms with E-state index in [1.807, 2.05) is 0 Å². The Hall–Kier alpha value is -0.640. The van der Waals surface area contributed by atoms with Gasteiger partial charge in [0.1, 0.15) is 6.17 Å². The molecule has 4 heteroatoms. The van der Waals surface area contributed by atoms with Crippen molar-refractivity contribution in [3.8, 4) is 0 Å². The minimum atomic E-state index is -1.17. The summed E-state index contributed by atoms with van der Waals surface area (Å²) in [6.07, 6.45) is 2.29. The van der Waals surface area contributed by atoms with E-state index in [0.29, 0.717) is 6.42 Å². The SMILES string of the molecule is O=C(O)C1CCN2CCCCC2C1F. The predicted molar refractivity (Wildman–Crippen MR) is 49.9 cm³/mol. The molecule has 2 saturated heterocycles. The number of rotatable bonds is 1. The number of aliphatic carboxylic acids is 1. The molecule has 2 heterocycles. The van der Waals surface area contributed by atoms with E-state index in [1.165, 1.54) is 0 Å². The zero-order chi connectivity index (χ0) is 10.1. The van der Waals surface area contributed by atoms with Gasteiger partial charge in [0.2, 0.25) is 0 Å². The average Bonchev–Trinajstić information content (AvgIpc) is 2.18. The van der Waals surface area contributed by atoms with E-state index >= 15 is 0 Å². The van der Waals surface area contributed by atoms with Gasteiger partial charge >= 0.3 is 5.97 Å². The number of alkyl halides is 1. The van der Waals surface area contributed by atoms with Gasteiger partial charge in [-0.15, -0.1) is 0 Å². The fourth-order valence-electron chi connectivity index (χ4n) is 2.65. The van der Waals surface area contributed by atoms with Gasteiger partial charge in [-0.05, 0) is 32.4 Å². The van der Waals surface area contributed by atoms with E-state index in [0.717, 1.165) is 32.4 Å². The lowest BCUT2D eigenvalue weighted by molar-refractivity contribution is -0.148. The highest BCUT2D eigenvalue weighted by Crippen LogP contribution is 2.32. The van der Waals surface area contributed by atoms with Crippen molar-refractivity contribution >= 4 is 5.97 Å². The second-order valence-electron chi connectivity index (χ2n) is 4.28. The van der Waals surface area contributed by atoms with Crippen LogP contribution in [0.25, 0.3) is 0 Å². The van der Waals surface area contributed by atoms with Crippen LogP contribution in [-0.4, -0.2) is 41.3 Å². The number of fused-ring (bicyclic) bond motifs is 1. The summed E-state index contributed by atoms with van der Waals surface area (Å²) in [5, 5.41) is 8.84. The lowest BCUT2D eigenvalue weighted by Gasteiger charge is -2.43. The normalized spacial score (nSPS) is 39.1. The topological polar surface area (TPSA) is 40.5 Å². The molecule has 2 fully saturated rings. The Labute approximate surface area is 82.9 Å². The second kappa shape index (κ2) is 3.85. The summed E-state index contributed by atoms with van der Waals surface area (Å²) in [7, 11) is 0. The molecular formula is C10H16FNO2. The number of halogens is 1. The molecular weight excluding hydrogens is 185 g/mol. The van der Waals surface area contributed by atoms with Crippen molar-refractivity contribution in [3.63, 3.8) is 0 Å². The Bertz CT molecular complexity index is 234. The zero-order valence-electron chi connectivity index (χ0n) is 8.16. The maximum Gasteiger partial charge on any atom is 0.309 e. The number of carbonyl (C=O) groups is 1. The monoisotopic (exact) mass is 201 g/mol. The summed E-state index contributed by atoms with van der Waals surface area (Å²) in [5.74, 6) is -1.74. The molecule has 0 aromatic heterocycles. The Balaban J connectivity index is 2.06. The Kier molecular flexibility index (Phi) is 2.72. The van der Waals surface area contributed by atoms with E-state index in [4.69, 9.17) is 5.11 Å². The van der Waals surface area contributed by atoms with E-state index in [-0.39, 0.29) is 6.04 Å². The molecule has 0 aromatic rings. The summed E-state index contributed by atoms with van der Waals surface area (Å²) < 4.78 is 13.8. The molecule has 14 heavy (non-hydrogen) atoms. The van der Waals surface area contributed by atoms with Crippen LogP contribution in [0.5, 0.6) is 0 Å². The largest absolute Gasteiger partial charge is 0.481 e. The van der Waals surface area contributed by atoms with Crippen molar-refractivity contribution in [2.45, 2.75) is 37.9 Å².